The topological polar surface area (TPSA) is 26.3 Å². The molecule has 3 rings (SSSR count). The Bertz CT molecular complexity index is 1130. The molecule has 0 saturated carbocycles. The average Bonchev–Trinajstić information content (AvgIpc) is 2.78. The number of aryl methyl sites for hydroxylation is 1. The number of carbonyl (C=O) groups excluding carboxylic acids is 1. The molecule has 0 amide bonds. The zero-order valence-electron chi connectivity index (χ0n) is 21.8. The van der Waals surface area contributed by atoms with E-state index in [1.54, 1.807) is 6.92 Å². The Hall–Kier alpha value is -2.44. The number of carbonyl (C=O) groups is 1. The first-order valence-electron chi connectivity index (χ1n) is 12.3. The summed E-state index contributed by atoms with van der Waals surface area (Å²) >= 11 is 0. The van der Waals surface area contributed by atoms with Crippen molar-refractivity contribution in [2.24, 2.45) is 0 Å². The monoisotopic (exact) mass is 474 g/mol. The highest BCUT2D eigenvalue weighted by molar-refractivity contribution is 7.48. The Morgan fingerprint density at radius 1 is 0.912 bits per heavy atom. The number of ketones is 1. The molecule has 0 spiro atoms. The molecule has 2 unspecified atom stereocenters. The van der Waals surface area contributed by atoms with Gasteiger partial charge in [0, 0.05) is 21.8 Å². The third-order valence-corrected chi connectivity index (χ3v) is 8.11. The van der Waals surface area contributed by atoms with E-state index < -0.39 is 0 Å². The van der Waals surface area contributed by atoms with Crippen molar-refractivity contribution in [2.45, 2.75) is 78.5 Å². The Morgan fingerprint density at radius 3 is 2.15 bits per heavy atom. The summed E-state index contributed by atoms with van der Waals surface area (Å²) in [5.74, 6) is 1.13. The van der Waals surface area contributed by atoms with E-state index >= 15 is 0 Å². The Kier molecular flexibility index (Phi) is 8.37. The molecular formula is C31H39O2P. The zero-order chi connectivity index (χ0) is 24.9. The van der Waals surface area contributed by atoms with Gasteiger partial charge in [0.1, 0.15) is 12.4 Å². The summed E-state index contributed by atoms with van der Waals surface area (Å²) in [6.07, 6.45) is 2.08. The van der Waals surface area contributed by atoms with Crippen molar-refractivity contribution in [3.63, 3.8) is 0 Å². The van der Waals surface area contributed by atoms with E-state index in [0.29, 0.717) is 15.2 Å². The van der Waals surface area contributed by atoms with E-state index in [4.69, 9.17) is 4.74 Å². The number of hydrogen-bond acceptors (Lipinski definition) is 2. The highest BCUT2D eigenvalue weighted by atomic mass is 31.1. The van der Waals surface area contributed by atoms with E-state index in [2.05, 4.69) is 84.0 Å². The second-order valence-corrected chi connectivity index (χ2v) is 12.4. The van der Waals surface area contributed by atoms with Crippen LogP contribution in [0.4, 0.5) is 0 Å². The molecule has 34 heavy (non-hydrogen) atoms. The Labute approximate surface area is 207 Å². The molecule has 0 N–H and O–H groups in total. The van der Waals surface area contributed by atoms with Crippen LogP contribution in [0.5, 0.6) is 5.75 Å². The first-order valence-corrected chi connectivity index (χ1v) is 13.3. The predicted molar refractivity (Wildman–Crippen MR) is 147 cm³/mol. The van der Waals surface area contributed by atoms with Gasteiger partial charge in [0.2, 0.25) is 0 Å². The zero-order valence-corrected chi connectivity index (χ0v) is 22.8. The van der Waals surface area contributed by atoms with Crippen molar-refractivity contribution in [3.8, 4) is 5.75 Å². The summed E-state index contributed by atoms with van der Waals surface area (Å²) in [6, 6.07) is 23.0. The number of ether oxygens (including phenoxy) is 1. The minimum absolute atomic E-state index is 0.0552. The van der Waals surface area contributed by atoms with Crippen LogP contribution >= 0.6 is 8.58 Å². The number of benzene rings is 3. The van der Waals surface area contributed by atoms with Crippen molar-refractivity contribution < 1.29 is 9.53 Å². The maximum Gasteiger partial charge on any atom is 0.160 e. The molecule has 0 aliphatic carbocycles. The fraction of sp³-hybridized carbons (Fsp3) is 0.387. The Balaban J connectivity index is 2.17. The van der Waals surface area contributed by atoms with Gasteiger partial charge in [-0.05, 0) is 36.6 Å². The van der Waals surface area contributed by atoms with Gasteiger partial charge >= 0.3 is 0 Å². The van der Waals surface area contributed by atoms with Gasteiger partial charge in [-0.1, -0.05) is 122 Å². The molecule has 2 atom stereocenters. The van der Waals surface area contributed by atoms with Gasteiger partial charge in [-0.2, -0.15) is 0 Å². The number of Topliss-reactive ketones (excluding diaryl/α,β-unsaturated/α-hetero) is 1. The van der Waals surface area contributed by atoms with Crippen molar-refractivity contribution in [2.75, 3.05) is 0 Å². The summed E-state index contributed by atoms with van der Waals surface area (Å²) < 4.78 is 6.68. The number of rotatable bonds is 9. The second kappa shape index (κ2) is 10.9. The SMILES string of the molecule is CCCC(C)(Pc1ccccc1C(C)=O)c1cc(C)cc(C(C)(C)C)c1OCc1ccccc1. The first kappa shape index (κ1) is 26.2. The van der Waals surface area contributed by atoms with Gasteiger partial charge in [0.15, 0.2) is 5.78 Å². The van der Waals surface area contributed by atoms with E-state index in [-0.39, 0.29) is 16.4 Å². The molecule has 2 nitrogen and oxygen atoms in total. The number of hydrogen-bond donors (Lipinski definition) is 0. The predicted octanol–water partition coefficient (Wildman–Crippen LogP) is 8.09. The lowest BCUT2D eigenvalue weighted by molar-refractivity contribution is 0.101. The second-order valence-electron chi connectivity index (χ2n) is 10.5. The third-order valence-electron chi connectivity index (χ3n) is 6.33. The molecule has 3 aromatic rings. The maximum atomic E-state index is 12.4. The lowest BCUT2D eigenvalue weighted by Gasteiger charge is -2.35. The molecule has 0 aromatic heterocycles. The van der Waals surface area contributed by atoms with Crippen LogP contribution in [0.15, 0.2) is 66.7 Å². The minimum Gasteiger partial charge on any atom is -0.488 e. The van der Waals surface area contributed by atoms with Gasteiger partial charge in [0.05, 0.1) is 0 Å². The Morgan fingerprint density at radius 2 is 1.53 bits per heavy atom. The van der Waals surface area contributed by atoms with Crippen LogP contribution in [0.3, 0.4) is 0 Å². The lowest BCUT2D eigenvalue weighted by Crippen LogP contribution is -2.25. The summed E-state index contributed by atoms with van der Waals surface area (Å²) in [5.41, 5.74) is 5.69. The molecule has 0 fully saturated rings. The molecule has 0 bridgehead atoms. The summed E-state index contributed by atoms with van der Waals surface area (Å²) in [5, 5.41) is 0.997. The molecule has 0 heterocycles. The average molecular weight is 475 g/mol. The van der Waals surface area contributed by atoms with Crippen molar-refractivity contribution in [1.82, 2.24) is 0 Å². The standard InChI is InChI=1S/C31H39O2P/c1-8-18-31(7,34-28-17-13-12-16-25(28)23(3)32)27-20-22(2)19-26(30(4,5)6)29(27)33-21-24-14-10-9-11-15-24/h9-17,19-20,34H,8,18,21H2,1-7H3. The molecule has 3 aromatic carbocycles. The van der Waals surface area contributed by atoms with E-state index in [9.17, 15) is 4.79 Å². The van der Waals surface area contributed by atoms with Crippen molar-refractivity contribution in [3.05, 3.63) is 94.5 Å². The van der Waals surface area contributed by atoms with Gasteiger partial charge in [0.25, 0.3) is 0 Å². The largest absolute Gasteiger partial charge is 0.488 e. The summed E-state index contributed by atoms with van der Waals surface area (Å²) in [7, 11) is 0.467. The fourth-order valence-corrected chi connectivity index (χ4v) is 6.45. The van der Waals surface area contributed by atoms with Crippen LogP contribution in [0.1, 0.15) is 87.0 Å². The molecule has 180 valence electrons. The van der Waals surface area contributed by atoms with Crippen LogP contribution in [0.25, 0.3) is 0 Å². The summed E-state index contributed by atoms with van der Waals surface area (Å²) in [4.78, 5) is 12.4. The first-order chi connectivity index (χ1) is 16.0. The third kappa shape index (κ3) is 6.16. The van der Waals surface area contributed by atoms with E-state index in [1.165, 1.54) is 16.7 Å². The minimum atomic E-state index is -0.141. The smallest absolute Gasteiger partial charge is 0.160 e. The fourth-order valence-electron chi connectivity index (χ4n) is 4.59. The molecular weight excluding hydrogens is 435 g/mol. The molecule has 0 radical (unpaired) electrons. The van der Waals surface area contributed by atoms with Crippen LogP contribution in [0.2, 0.25) is 0 Å². The van der Waals surface area contributed by atoms with Crippen LogP contribution < -0.4 is 10.0 Å². The van der Waals surface area contributed by atoms with Gasteiger partial charge in [-0.25, -0.2) is 0 Å². The van der Waals surface area contributed by atoms with E-state index in [0.717, 1.165) is 35.0 Å². The van der Waals surface area contributed by atoms with Crippen LogP contribution in [-0.4, -0.2) is 5.78 Å². The molecule has 0 saturated heterocycles. The van der Waals surface area contributed by atoms with Crippen molar-refractivity contribution >= 4 is 19.7 Å². The normalized spacial score (nSPS) is 13.7. The van der Waals surface area contributed by atoms with Gasteiger partial charge in [-0.3, -0.25) is 4.79 Å². The van der Waals surface area contributed by atoms with Gasteiger partial charge < -0.3 is 4.74 Å². The molecule has 3 heteroatoms. The van der Waals surface area contributed by atoms with Gasteiger partial charge in [-0.15, -0.1) is 0 Å². The van der Waals surface area contributed by atoms with Crippen LogP contribution in [-0.2, 0) is 17.2 Å². The molecule has 0 aliphatic heterocycles. The highest BCUT2D eigenvalue weighted by Crippen LogP contribution is 2.51. The molecule has 0 aliphatic rings. The lowest BCUT2D eigenvalue weighted by atomic mass is 9.81. The maximum absolute atomic E-state index is 12.4. The van der Waals surface area contributed by atoms with E-state index in [1.807, 2.05) is 24.3 Å². The quantitative estimate of drug-likeness (QED) is 0.231. The highest BCUT2D eigenvalue weighted by Gasteiger charge is 2.34. The van der Waals surface area contributed by atoms with Crippen LogP contribution in [0, 0.1) is 6.92 Å². The summed E-state index contributed by atoms with van der Waals surface area (Å²) in [6.45, 7) is 15.7. The van der Waals surface area contributed by atoms with Crippen molar-refractivity contribution in [1.29, 1.82) is 0 Å².